The van der Waals surface area contributed by atoms with Crippen LogP contribution in [0.3, 0.4) is 0 Å². The van der Waals surface area contributed by atoms with Gasteiger partial charge in [-0.3, -0.25) is 9.97 Å². The number of unbranched alkanes of at least 4 members (excludes halogenated alkanes) is 1. The fourth-order valence-corrected chi connectivity index (χ4v) is 1.07. The monoisotopic (exact) mass is 200 g/mol. The third kappa shape index (κ3) is 2.43. The van der Waals surface area contributed by atoms with E-state index < -0.39 is 17.1 Å². The third-order valence-corrected chi connectivity index (χ3v) is 1.77. The molecular formula is C7H12N4O3. The molecule has 1 heterocycles. The van der Waals surface area contributed by atoms with E-state index in [-0.39, 0.29) is 6.54 Å². The van der Waals surface area contributed by atoms with E-state index in [1.54, 1.807) is 0 Å². The van der Waals surface area contributed by atoms with Crippen molar-refractivity contribution in [2.45, 2.75) is 19.4 Å². The van der Waals surface area contributed by atoms with E-state index >= 15 is 0 Å². The third-order valence-electron chi connectivity index (χ3n) is 1.77. The number of aromatic amines is 2. The van der Waals surface area contributed by atoms with Gasteiger partial charge in [0, 0.05) is 6.54 Å². The number of nitrogens with one attached hydrogen (secondary N) is 2. The highest BCUT2D eigenvalue weighted by atomic mass is 16.2. The van der Waals surface area contributed by atoms with Gasteiger partial charge in [-0.2, -0.15) is 0 Å². The quantitative estimate of drug-likeness (QED) is 0.486. The van der Waals surface area contributed by atoms with E-state index in [1.165, 1.54) is 0 Å². The van der Waals surface area contributed by atoms with Crippen LogP contribution in [-0.2, 0) is 6.54 Å². The standard InChI is InChI=1S/C7H12N4O3/c8-3-1-2-4-11-6(13)9-5(12)10-7(11)14/h1-4,8H2,(H2,9,10,12,13,14). The molecule has 78 valence electrons. The molecule has 0 saturated carbocycles. The Bertz CT molecular complexity index is 421. The summed E-state index contributed by atoms with van der Waals surface area (Å²) in [4.78, 5) is 36.8. The van der Waals surface area contributed by atoms with Crippen LogP contribution in [-0.4, -0.2) is 21.1 Å². The van der Waals surface area contributed by atoms with Crippen molar-refractivity contribution in [1.82, 2.24) is 14.5 Å². The zero-order valence-corrected chi connectivity index (χ0v) is 7.58. The fraction of sp³-hybridized carbons (Fsp3) is 0.571. The first kappa shape index (κ1) is 10.5. The molecular weight excluding hydrogens is 188 g/mol. The minimum absolute atomic E-state index is 0.266. The molecule has 1 aromatic heterocycles. The van der Waals surface area contributed by atoms with Crippen LogP contribution >= 0.6 is 0 Å². The lowest BCUT2D eigenvalue weighted by molar-refractivity contribution is 0.551. The SMILES string of the molecule is NCCCCn1c(=O)[nH]c(=O)[nH]c1=O. The molecule has 0 aliphatic heterocycles. The molecule has 0 spiro atoms. The molecule has 7 nitrogen and oxygen atoms in total. The average Bonchev–Trinajstić information content (AvgIpc) is 2.09. The maximum atomic E-state index is 11.1. The number of nitrogens with zero attached hydrogens (tertiary/aromatic N) is 1. The Morgan fingerprint density at radius 1 is 1.07 bits per heavy atom. The Morgan fingerprint density at radius 3 is 2.14 bits per heavy atom. The largest absolute Gasteiger partial charge is 0.333 e. The maximum absolute atomic E-state index is 11.1. The van der Waals surface area contributed by atoms with Crippen molar-refractivity contribution in [2.24, 2.45) is 5.73 Å². The van der Waals surface area contributed by atoms with Crippen LogP contribution in [0, 0.1) is 0 Å². The van der Waals surface area contributed by atoms with Crippen LogP contribution in [0.1, 0.15) is 12.8 Å². The number of hydrogen-bond donors (Lipinski definition) is 3. The highest BCUT2D eigenvalue weighted by molar-refractivity contribution is 4.68. The summed E-state index contributed by atoms with van der Waals surface area (Å²) < 4.78 is 0.942. The van der Waals surface area contributed by atoms with Gasteiger partial charge >= 0.3 is 17.1 Å². The number of aromatic nitrogens is 3. The Morgan fingerprint density at radius 2 is 1.64 bits per heavy atom. The van der Waals surface area contributed by atoms with Gasteiger partial charge < -0.3 is 5.73 Å². The van der Waals surface area contributed by atoms with Crippen LogP contribution in [0.5, 0.6) is 0 Å². The molecule has 7 heteroatoms. The number of nitrogens with two attached hydrogens (primary N) is 1. The normalized spacial score (nSPS) is 10.4. The summed E-state index contributed by atoms with van der Waals surface area (Å²) in [5.74, 6) is 0. The van der Waals surface area contributed by atoms with Gasteiger partial charge in [-0.1, -0.05) is 0 Å². The lowest BCUT2D eigenvalue weighted by Crippen LogP contribution is -2.43. The van der Waals surface area contributed by atoms with Crippen molar-refractivity contribution in [3.63, 3.8) is 0 Å². The zero-order valence-electron chi connectivity index (χ0n) is 7.58. The molecule has 0 bridgehead atoms. The zero-order chi connectivity index (χ0) is 10.6. The molecule has 0 atom stereocenters. The van der Waals surface area contributed by atoms with E-state index in [4.69, 9.17) is 5.73 Å². The smallest absolute Gasteiger partial charge is 0.330 e. The van der Waals surface area contributed by atoms with E-state index in [0.29, 0.717) is 13.0 Å². The van der Waals surface area contributed by atoms with Crippen molar-refractivity contribution in [3.05, 3.63) is 31.5 Å². The molecule has 14 heavy (non-hydrogen) atoms. The summed E-state index contributed by atoms with van der Waals surface area (Å²) in [6, 6.07) is 0. The summed E-state index contributed by atoms with van der Waals surface area (Å²) in [5.41, 5.74) is 3.11. The minimum atomic E-state index is -0.782. The second kappa shape index (κ2) is 4.56. The van der Waals surface area contributed by atoms with Crippen LogP contribution in [0.2, 0.25) is 0 Å². The molecule has 0 fully saturated rings. The molecule has 0 aromatic carbocycles. The summed E-state index contributed by atoms with van der Waals surface area (Å²) in [7, 11) is 0. The van der Waals surface area contributed by atoms with Crippen molar-refractivity contribution >= 4 is 0 Å². The predicted octanol–water partition coefficient (Wildman–Crippen LogP) is -2.04. The van der Waals surface area contributed by atoms with Gasteiger partial charge in [0.2, 0.25) is 0 Å². The Kier molecular flexibility index (Phi) is 3.41. The van der Waals surface area contributed by atoms with Gasteiger partial charge in [0.25, 0.3) is 0 Å². The molecule has 0 radical (unpaired) electrons. The summed E-state index contributed by atoms with van der Waals surface area (Å²) in [6.45, 7) is 0.776. The first-order chi connectivity index (χ1) is 6.65. The Hall–Kier alpha value is -1.63. The first-order valence-corrected chi connectivity index (χ1v) is 4.28. The summed E-state index contributed by atoms with van der Waals surface area (Å²) in [6.07, 6.45) is 1.36. The predicted molar refractivity (Wildman–Crippen MR) is 50.2 cm³/mol. The average molecular weight is 200 g/mol. The number of H-pyrrole nitrogens is 2. The van der Waals surface area contributed by atoms with Gasteiger partial charge in [-0.05, 0) is 19.4 Å². The van der Waals surface area contributed by atoms with Gasteiger partial charge in [0.1, 0.15) is 0 Å². The van der Waals surface area contributed by atoms with Crippen LogP contribution in [0.4, 0.5) is 0 Å². The van der Waals surface area contributed by atoms with E-state index in [0.717, 1.165) is 11.0 Å². The van der Waals surface area contributed by atoms with E-state index in [2.05, 4.69) is 0 Å². The number of hydrogen-bond acceptors (Lipinski definition) is 4. The van der Waals surface area contributed by atoms with Gasteiger partial charge in [0.05, 0.1) is 0 Å². The molecule has 0 unspecified atom stereocenters. The van der Waals surface area contributed by atoms with Crippen LogP contribution in [0.15, 0.2) is 14.4 Å². The lowest BCUT2D eigenvalue weighted by Gasteiger charge is -2.01. The Labute approximate surface area is 78.6 Å². The van der Waals surface area contributed by atoms with Gasteiger partial charge in [0.15, 0.2) is 0 Å². The first-order valence-electron chi connectivity index (χ1n) is 4.28. The van der Waals surface area contributed by atoms with E-state index in [1.807, 2.05) is 9.97 Å². The second-order valence-electron chi connectivity index (χ2n) is 2.84. The Balaban J connectivity index is 2.93. The highest BCUT2D eigenvalue weighted by Crippen LogP contribution is 1.85. The van der Waals surface area contributed by atoms with Crippen molar-refractivity contribution in [2.75, 3.05) is 6.54 Å². The van der Waals surface area contributed by atoms with Crippen molar-refractivity contribution in [1.29, 1.82) is 0 Å². The lowest BCUT2D eigenvalue weighted by atomic mass is 10.3. The highest BCUT2D eigenvalue weighted by Gasteiger charge is 2.01. The van der Waals surface area contributed by atoms with Gasteiger partial charge in [-0.15, -0.1) is 0 Å². The van der Waals surface area contributed by atoms with E-state index in [9.17, 15) is 14.4 Å². The topological polar surface area (TPSA) is 114 Å². The minimum Gasteiger partial charge on any atom is -0.330 e. The van der Waals surface area contributed by atoms with Crippen molar-refractivity contribution < 1.29 is 0 Å². The maximum Gasteiger partial charge on any atom is 0.333 e. The molecule has 4 N–H and O–H groups in total. The molecule has 1 rings (SSSR count). The summed E-state index contributed by atoms with van der Waals surface area (Å²) in [5, 5.41) is 0. The summed E-state index contributed by atoms with van der Waals surface area (Å²) >= 11 is 0. The molecule has 1 aromatic rings. The van der Waals surface area contributed by atoms with Gasteiger partial charge in [-0.25, -0.2) is 19.0 Å². The molecule has 0 aliphatic rings. The second-order valence-corrected chi connectivity index (χ2v) is 2.84. The fourth-order valence-electron chi connectivity index (χ4n) is 1.07. The number of rotatable bonds is 4. The van der Waals surface area contributed by atoms with Crippen LogP contribution < -0.4 is 22.8 Å². The molecule has 0 amide bonds. The van der Waals surface area contributed by atoms with Crippen LogP contribution in [0.25, 0.3) is 0 Å². The molecule has 0 aliphatic carbocycles. The molecule has 0 saturated heterocycles. The van der Waals surface area contributed by atoms with Crippen molar-refractivity contribution in [3.8, 4) is 0 Å².